The minimum absolute atomic E-state index is 0.657. The summed E-state index contributed by atoms with van der Waals surface area (Å²) < 4.78 is 5.15. The lowest BCUT2D eigenvalue weighted by atomic mass is 10.3. The number of halogens is 1. The molecule has 0 heterocycles. The van der Waals surface area contributed by atoms with E-state index in [1.807, 2.05) is 24.3 Å². The lowest BCUT2D eigenvalue weighted by Crippen LogP contribution is -1.92. The Hall–Kier alpha value is -0.320. The molecular formula is C10H12ClNOS2. The van der Waals surface area contributed by atoms with Crippen molar-refractivity contribution in [2.45, 2.75) is 6.92 Å². The third-order valence-electron chi connectivity index (χ3n) is 1.47. The van der Waals surface area contributed by atoms with Crippen LogP contribution in [0.2, 0.25) is 5.02 Å². The molecular weight excluding hydrogens is 250 g/mol. The number of ether oxygens (including phenoxy) is 1. The van der Waals surface area contributed by atoms with E-state index in [9.17, 15) is 0 Å². The zero-order valence-electron chi connectivity index (χ0n) is 8.57. The summed E-state index contributed by atoms with van der Waals surface area (Å²) in [5.74, 6) is 1.02. The van der Waals surface area contributed by atoms with E-state index in [-0.39, 0.29) is 0 Å². The van der Waals surface area contributed by atoms with Crippen molar-refractivity contribution in [1.29, 1.82) is 0 Å². The summed E-state index contributed by atoms with van der Waals surface area (Å²) in [7, 11) is 4.85. The lowest BCUT2D eigenvalue weighted by Gasteiger charge is -2.02. The van der Waals surface area contributed by atoms with Crippen LogP contribution in [0.15, 0.2) is 29.3 Å². The Kier molecular flexibility index (Phi) is 5.98. The van der Waals surface area contributed by atoms with Gasteiger partial charge in [-0.3, -0.25) is 0 Å². The second-order valence-electron chi connectivity index (χ2n) is 2.55. The predicted octanol–water partition coefficient (Wildman–Crippen LogP) is 4.38. The Morgan fingerprint density at radius 1 is 1.40 bits per heavy atom. The number of rotatable bonds is 3. The molecule has 15 heavy (non-hydrogen) atoms. The third kappa shape index (κ3) is 4.82. The molecule has 0 amide bonds. The van der Waals surface area contributed by atoms with Crippen LogP contribution in [-0.2, 0) is 4.74 Å². The van der Waals surface area contributed by atoms with Crippen molar-refractivity contribution in [2.75, 3.05) is 12.9 Å². The maximum Gasteiger partial charge on any atom is 0.261 e. The van der Waals surface area contributed by atoms with Crippen molar-refractivity contribution < 1.29 is 4.74 Å². The quantitative estimate of drug-likeness (QED) is 0.458. The molecule has 0 saturated carbocycles. The summed E-state index contributed by atoms with van der Waals surface area (Å²) in [6, 6.07) is 7.34. The van der Waals surface area contributed by atoms with Gasteiger partial charge in [0.25, 0.3) is 5.23 Å². The van der Waals surface area contributed by atoms with Crippen molar-refractivity contribution in [1.82, 2.24) is 0 Å². The Labute approximate surface area is 103 Å². The fourth-order valence-corrected chi connectivity index (χ4v) is 2.36. The average molecular weight is 262 g/mol. The van der Waals surface area contributed by atoms with Crippen molar-refractivity contribution in [2.24, 2.45) is 4.99 Å². The van der Waals surface area contributed by atoms with E-state index >= 15 is 0 Å². The number of aliphatic imine (C=N–C) groups is 1. The number of hydrogen-bond acceptors (Lipinski definition) is 4. The summed E-state index contributed by atoms with van der Waals surface area (Å²) in [4.78, 5) is 4.33. The summed E-state index contributed by atoms with van der Waals surface area (Å²) in [5, 5.41) is 1.37. The van der Waals surface area contributed by atoms with E-state index in [1.54, 1.807) is 17.9 Å². The largest absolute Gasteiger partial charge is 0.476 e. The number of nitrogens with zero attached hydrogens (tertiary/aromatic N) is 1. The van der Waals surface area contributed by atoms with Gasteiger partial charge in [-0.05, 0) is 24.3 Å². The van der Waals surface area contributed by atoms with E-state index in [4.69, 9.17) is 16.3 Å². The highest BCUT2D eigenvalue weighted by molar-refractivity contribution is 8.82. The van der Waals surface area contributed by atoms with E-state index < -0.39 is 0 Å². The van der Waals surface area contributed by atoms with Gasteiger partial charge in [-0.25, -0.2) is 4.99 Å². The van der Waals surface area contributed by atoms with Crippen LogP contribution >= 0.6 is 33.2 Å². The smallest absolute Gasteiger partial charge is 0.261 e. The first-order valence-electron chi connectivity index (χ1n) is 4.44. The fraction of sp³-hybridized carbons (Fsp3) is 0.300. The SMILES string of the molecule is CCSSC(=Nc1ccc(Cl)cc1)OC. The molecule has 0 N–H and O–H groups in total. The van der Waals surface area contributed by atoms with Gasteiger partial charge in [0.05, 0.1) is 12.8 Å². The van der Waals surface area contributed by atoms with Gasteiger partial charge < -0.3 is 4.74 Å². The number of methoxy groups -OCH3 is 1. The molecule has 0 unspecified atom stereocenters. The molecule has 0 radical (unpaired) electrons. The van der Waals surface area contributed by atoms with Crippen LogP contribution in [0.25, 0.3) is 0 Å². The monoisotopic (exact) mass is 261 g/mol. The molecule has 1 rings (SSSR count). The van der Waals surface area contributed by atoms with Crippen LogP contribution in [0.5, 0.6) is 0 Å². The minimum atomic E-state index is 0.657. The molecule has 2 nitrogen and oxygen atoms in total. The van der Waals surface area contributed by atoms with Crippen molar-refractivity contribution >= 4 is 44.1 Å². The van der Waals surface area contributed by atoms with Gasteiger partial charge in [-0.15, -0.1) is 0 Å². The molecule has 0 aromatic heterocycles. The van der Waals surface area contributed by atoms with Gasteiger partial charge in [0.1, 0.15) is 0 Å². The van der Waals surface area contributed by atoms with Gasteiger partial charge in [-0.1, -0.05) is 29.3 Å². The number of benzene rings is 1. The lowest BCUT2D eigenvalue weighted by molar-refractivity contribution is 0.417. The average Bonchev–Trinajstić information content (AvgIpc) is 2.27. The van der Waals surface area contributed by atoms with Crippen molar-refractivity contribution in [3.8, 4) is 0 Å². The second-order valence-corrected chi connectivity index (χ2v) is 5.52. The Balaban J connectivity index is 2.69. The summed E-state index contributed by atoms with van der Waals surface area (Å²) in [5.41, 5.74) is 0.848. The van der Waals surface area contributed by atoms with E-state index in [2.05, 4.69) is 11.9 Å². The normalized spacial score (nSPS) is 11.5. The fourth-order valence-electron chi connectivity index (χ4n) is 0.829. The first-order chi connectivity index (χ1) is 7.26. The summed E-state index contributed by atoms with van der Waals surface area (Å²) >= 11 is 5.78. The second kappa shape index (κ2) is 7.04. The maximum absolute atomic E-state index is 5.78. The van der Waals surface area contributed by atoms with Crippen LogP contribution in [0, 0.1) is 0 Å². The van der Waals surface area contributed by atoms with Gasteiger partial charge in [-0.2, -0.15) is 0 Å². The summed E-state index contributed by atoms with van der Waals surface area (Å²) in [6.45, 7) is 2.09. The summed E-state index contributed by atoms with van der Waals surface area (Å²) in [6.07, 6.45) is 0. The van der Waals surface area contributed by atoms with Crippen LogP contribution in [0.3, 0.4) is 0 Å². The molecule has 0 spiro atoms. The van der Waals surface area contributed by atoms with Crippen LogP contribution in [0.1, 0.15) is 6.92 Å². The molecule has 1 aromatic rings. The molecule has 0 aliphatic rings. The zero-order chi connectivity index (χ0) is 11.1. The van der Waals surface area contributed by atoms with E-state index in [1.165, 1.54) is 10.8 Å². The standard InChI is InChI=1S/C10H12ClNOS2/c1-3-14-15-10(13-2)12-9-6-4-8(11)5-7-9/h4-7H,3H2,1-2H3. The predicted molar refractivity (Wildman–Crippen MR) is 71.3 cm³/mol. The van der Waals surface area contributed by atoms with Gasteiger partial charge in [0.2, 0.25) is 0 Å². The van der Waals surface area contributed by atoms with Gasteiger partial charge in [0.15, 0.2) is 0 Å². The maximum atomic E-state index is 5.78. The zero-order valence-corrected chi connectivity index (χ0v) is 11.0. The molecule has 0 bridgehead atoms. The van der Waals surface area contributed by atoms with Crippen LogP contribution in [0.4, 0.5) is 5.69 Å². The molecule has 0 aliphatic heterocycles. The highest BCUT2D eigenvalue weighted by Crippen LogP contribution is 2.25. The molecule has 0 aliphatic carbocycles. The molecule has 1 aromatic carbocycles. The highest BCUT2D eigenvalue weighted by atomic mass is 35.5. The van der Waals surface area contributed by atoms with Gasteiger partial charge >= 0.3 is 0 Å². The number of hydrogen-bond donors (Lipinski definition) is 0. The Bertz CT molecular complexity index is 327. The van der Waals surface area contributed by atoms with Crippen LogP contribution < -0.4 is 0 Å². The molecule has 0 atom stereocenters. The highest BCUT2D eigenvalue weighted by Gasteiger charge is 2.00. The first-order valence-corrected chi connectivity index (χ1v) is 7.13. The minimum Gasteiger partial charge on any atom is -0.476 e. The Morgan fingerprint density at radius 2 is 2.07 bits per heavy atom. The van der Waals surface area contributed by atoms with E-state index in [0.717, 1.165) is 11.4 Å². The molecule has 82 valence electrons. The van der Waals surface area contributed by atoms with E-state index in [0.29, 0.717) is 10.3 Å². The van der Waals surface area contributed by atoms with Crippen molar-refractivity contribution in [3.63, 3.8) is 0 Å². The molecule has 0 saturated heterocycles. The first kappa shape index (κ1) is 12.7. The Morgan fingerprint density at radius 3 is 2.60 bits per heavy atom. The molecule has 0 fully saturated rings. The third-order valence-corrected chi connectivity index (χ3v) is 3.96. The van der Waals surface area contributed by atoms with Crippen LogP contribution in [-0.4, -0.2) is 18.1 Å². The van der Waals surface area contributed by atoms with Crippen molar-refractivity contribution in [3.05, 3.63) is 29.3 Å². The topological polar surface area (TPSA) is 21.6 Å². The molecule has 5 heteroatoms. The van der Waals surface area contributed by atoms with Gasteiger partial charge in [0, 0.05) is 21.6 Å².